The third-order valence-corrected chi connectivity index (χ3v) is 6.29. The molecule has 2 fully saturated rings. The van der Waals surface area contributed by atoms with Crippen LogP contribution in [0.3, 0.4) is 0 Å². The first-order chi connectivity index (χ1) is 20.5. The summed E-state index contributed by atoms with van der Waals surface area (Å²) in [5.74, 6) is -7.98. The van der Waals surface area contributed by atoms with E-state index >= 15 is 0 Å². The Kier molecular flexibility index (Phi) is 13.0. The van der Waals surface area contributed by atoms with Crippen molar-refractivity contribution in [1.29, 1.82) is 0 Å². The lowest BCUT2D eigenvalue weighted by Crippen LogP contribution is -2.63. The van der Waals surface area contributed by atoms with E-state index in [-0.39, 0.29) is 0 Å². The number of carbonyl (C=O) groups is 8. The molecular formula is C27H36O17. The van der Waals surface area contributed by atoms with E-state index in [1.165, 1.54) is 0 Å². The van der Waals surface area contributed by atoms with E-state index in [9.17, 15) is 38.4 Å². The Bertz CT molecular complexity index is 1130. The standard InChI is InChI=1S/C27H36O17/c1-11(28)36-9-20(38-13(3)30)24-22(39-14(4)31)18(27(35)44-24)8-19-23(40-15(5)32)26(42-17(7)34)25(41-16(6)33)21(43-19)10-37-12(2)29/h18-26H,8-10H2,1-7H3/t18-,19-,20?,21-,22-,23+,24+,25-,26-/m1/s1. The summed E-state index contributed by atoms with van der Waals surface area (Å²) in [5, 5.41) is 0. The largest absolute Gasteiger partial charge is 0.463 e. The molecular weight excluding hydrogens is 596 g/mol. The second-order valence-corrected chi connectivity index (χ2v) is 10.0. The Morgan fingerprint density at radius 1 is 0.614 bits per heavy atom. The second kappa shape index (κ2) is 16.0. The third kappa shape index (κ3) is 10.5. The van der Waals surface area contributed by atoms with E-state index in [2.05, 4.69) is 0 Å². The molecule has 1 unspecified atom stereocenters. The molecule has 0 radical (unpaired) electrons. The molecule has 0 aliphatic carbocycles. The molecule has 0 spiro atoms. The third-order valence-electron chi connectivity index (χ3n) is 6.29. The van der Waals surface area contributed by atoms with Crippen molar-refractivity contribution in [3.63, 3.8) is 0 Å². The van der Waals surface area contributed by atoms with Crippen LogP contribution in [0.1, 0.15) is 54.9 Å². The monoisotopic (exact) mass is 632 g/mol. The van der Waals surface area contributed by atoms with Crippen molar-refractivity contribution in [2.45, 2.75) is 104 Å². The zero-order valence-corrected chi connectivity index (χ0v) is 25.3. The molecule has 2 saturated heterocycles. The average Bonchev–Trinajstić information content (AvgIpc) is 3.16. The Hall–Kier alpha value is -4.28. The fourth-order valence-electron chi connectivity index (χ4n) is 4.88. The molecule has 17 nitrogen and oxygen atoms in total. The summed E-state index contributed by atoms with van der Waals surface area (Å²) in [5.41, 5.74) is 0. The zero-order chi connectivity index (χ0) is 33.3. The lowest BCUT2D eigenvalue weighted by Gasteiger charge is -2.45. The maximum Gasteiger partial charge on any atom is 0.313 e. The van der Waals surface area contributed by atoms with Gasteiger partial charge in [-0.25, -0.2) is 0 Å². The van der Waals surface area contributed by atoms with Crippen LogP contribution in [-0.2, 0) is 81.0 Å². The van der Waals surface area contributed by atoms with Crippen LogP contribution in [0, 0.1) is 5.92 Å². The number of ether oxygens (including phenoxy) is 9. The molecule has 0 saturated carbocycles. The van der Waals surface area contributed by atoms with E-state index in [0.29, 0.717) is 0 Å². The topological polar surface area (TPSA) is 220 Å². The molecule has 2 rings (SSSR count). The maximum atomic E-state index is 13.2. The summed E-state index contributed by atoms with van der Waals surface area (Å²) in [7, 11) is 0. The molecule has 246 valence electrons. The van der Waals surface area contributed by atoms with Gasteiger partial charge in [-0.05, 0) is 6.42 Å². The van der Waals surface area contributed by atoms with Gasteiger partial charge in [0, 0.05) is 48.5 Å². The SMILES string of the molecule is CC(=O)OCC(OC(C)=O)[C@@H]1OC(=O)[C@H](C[C@H]2O[C@H](COC(C)=O)[C@@H](OC(C)=O)[C@H](OC(C)=O)[C@H]2OC(C)=O)[C@H]1OC(C)=O. The lowest BCUT2D eigenvalue weighted by molar-refractivity contribution is -0.255. The van der Waals surface area contributed by atoms with Crippen LogP contribution in [0.2, 0.25) is 0 Å². The van der Waals surface area contributed by atoms with Crippen molar-refractivity contribution in [2.24, 2.45) is 5.92 Å². The molecule has 2 aliphatic heterocycles. The molecule has 0 aromatic rings. The zero-order valence-electron chi connectivity index (χ0n) is 25.3. The van der Waals surface area contributed by atoms with Crippen molar-refractivity contribution in [2.75, 3.05) is 13.2 Å². The van der Waals surface area contributed by atoms with Crippen molar-refractivity contribution >= 4 is 47.8 Å². The van der Waals surface area contributed by atoms with Crippen LogP contribution >= 0.6 is 0 Å². The van der Waals surface area contributed by atoms with Gasteiger partial charge >= 0.3 is 47.8 Å². The van der Waals surface area contributed by atoms with E-state index < -0.39 is 122 Å². The van der Waals surface area contributed by atoms with Crippen LogP contribution in [-0.4, -0.2) is 110 Å². The molecule has 0 amide bonds. The van der Waals surface area contributed by atoms with Crippen molar-refractivity contribution in [3.8, 4) is 0 Å². The predicted octanol–water partition coefficient (Wildman–Crippen LogP) is -0.530. The summed E-state index contributed by atoms with van der Waals surface area (Å²) in [6, 6.07) is 0. The number of carbonyl (C=O) groups excluding carboxylic acids is 8. The molecule has 17 heteroatoms. The van der Waals surface area contributed by atoms with Gasteiger partial charge in [0.15, 0.2) is 36.6 Å². The average molecular weight is 633 g/mol. The highest BCUT2D eigenvalue weighted by Crippen LogP contribution is 2.37. The number of esters is 8. The van der Waals surface area contributed by atoms with Gasteiger partial charge in [-0.1, -0.05) is 0 Å². The van der Waals surface area contributed by atoms with Gasteiger partial charge in [0.2, 0.25) is 0 Å². The predicted molar refractivity (Wildman–Crippen MR) is 138 cm³/mol. The number of hydrogen-bond donors (Lipinski definition) is 0. The summed E-state index contributed by atoms with van der Waals surface area (Å²) < 4.78 is 48.3. The van der Waals surface area contributed by atoms with Gasteiger partial charge in [-0.15, -0.1) is 0 Å². The molecule has 44 heavy (non-hydrogen) atoms. The fraction of sp³-hybridized carbons (Fsp3) is 0.704. The van der Waals surface area contributed by atoms with E-state index in [4.69, 9.17) is 42.6 Å². The minimum Gasteiger partial charge on any atom is -0.463 e. The maximum absolute atomic E-state index is 13.2. The van der Waals surface area contributed by atoms with Gasteiger partial charge in [0.1, 0.15) is 31.3 Å². The molecule has 2 aliphatic rings. The fourth-order valence-corrected chi connectivity index (χ4v) is 4.88. The van der Waals surface area contributed by atoms with Gasteiger partial charge in [-0.3, -0.25) is 38.4 Å². The van der Waals surface area contributed by atoms with E-state index in [1.807, 2.05) is 0 Å². The molecule has 2 heterocycles. The Balaban J connectivity index is 2.56. The highest BCUT2D eigenvalue weighted by molar-refractivity contribution is 5.77. The highest BCUT2D eigenvalue weighted by Gasteiger charge is 2.57. The molecule has 0 N–H and O–H groups in total. The second-order valence-electron chi connectivity index (χ2n) is 10.0. The van der Waals surface area contributed by atoms with Crippen molar-refractivity contribution < 1.29 is 81.0 Å². The highest BCUT2D eigenvalue weighted by atomic mass is 16.7. The molecule has 0 aromatic heterocycles. The van der Waals surface area contributed by atoms with Gasteiger partial charge in [-0.2, -0.15) is 0 Å². The number of rotatable bonds is 12. The normalized spacial score (nSPS) is 28.4. The van der Waals surface area contributed by atoms with E-state index in [0.717, 1.165) is 48.5 Å². The van der Waals surface area contributed by atoms with Crippen LogP contribution in [0.4, 0.5) is 0 Å². The van der Waals surface area contributed by atoms with E-state index in [1.54, 1.807) is 0 Å². The molecule has 0 aromatic carbocycles. The number of cyclic esters (lactones) is 1. The van der Waals surface area contributed by atoms with Crippen molar-refractivity contribution in [1.82, 2.24) is 0 Å². The minimum absolute atomic E-state index is 0.424. The molecule has 0 bridgehead atoms. The van der Waals surface area contributed by atoms with Crippen molar-refractivity contribution in [3.05, 3.63) is 0 Å². The van der Waals surface area contributed by atoms with Crippen LogP contribution in [0.25, 0.3) is 0 Å². The lowest BCUT2D eigenvalue weighted by atomic mass is 9.86. The first kappa shape index (κ1) is 35.9. The Morgan fingerprint density at radius 3 is 1.57 bits per heavy atom. The summed E-state index contributed by atoms with van der Waals surface area (Å²) in [4.78, 5) is 96.4. The van der Waals surface area contributed by atoms with Crippen LogP contribution in [0.15, 0.2) is 0 Å². The van der Waals surface area contributed by atoms with Crippen LogP contribution in [0.5, 0.6) is 0 Å². The quantitative estimate of drug-likeness (QED) is 0.195. The molecule has 9 atom stereocenters. The Labute approximate surface area is 252 Å². The first-order valence-electron chi connectivity index (χ1n) is 13.5. The summed E-state index contributed by atoms with van der Waals surface area (Å²) in [6.45, 7) is 6.44. The first-order valence-corrected chi connectivity index (χ1v) is 13.5. The van der Waals surface area contributed by atoms with Crippen LogP contribution < -0.4 is 0 Å². The van der Waals surface area contributed by atoms with Gasteiger partial charge in [0.25, 0.3) is 0 Å². The summed E-state index contributed by atoms with van der Waals surface area (Å²) >= 11 is 0. The minimum atomic E-state index is -1.50. The van der Waals surface area contributed by atoms with Gasteiger partial charge in [0.05, 0.1) is 0 Å². The Morgan fingerprint density at radius 2 is 1.09 bits per heavy atom. The number of hydrogen-bond acceptors (Lipinski definition) is 17. The smallest absolute Gasteiger partial charge is 0.313 e. The van der Waals surface area contributed by atoms with Gasteiger partial charge < -0.3 is 42.6 Å². The summed E-state index contributed by atoms with van der Waals surface area (Å²) in [6.07, 6.45) is -11.7.